The highest BCUT2D eigenvalue weighted by Crippen LogP contribution is 2.34. The highest BCUT2D eigenvalue weighted by Gasteiger charge is 2.34. The molecule has 1 unspecified atom stereocenters. The van der Waals surface area contributed by atoms with E-state index in [4.69, 9.17) is 5.73 Å². The third-order valence-electron chi connectivity index (χ3n) is 2.21. The van der Waals surface area contributed by atoms with Crippen molar-refractivity contribution < 1.29 is 17.6 Å². The van der Waals surface area contributed by atoms with Crippen LogP contribution in [0.2, 0.25) is 0 Å². The molecule has 0 spiro atoms. The second kappa shape index (κ2) is 3.81. The first-order valence-corrected chi connectivity index (χ1v) is 4.36. The maximum absolute atomic E-state index is 12.9. The number of nitrogens with two attached hydrogens (primary N) is 1. The summed E-state index contributed by atoms with van der Waals surface area (Å²) in [5.41, 5.74) is 4.67. The third-order valence-corrected chi connectivity index (χ3v) is 2.21. The molecular weight excluding hydrogens is 210 g/mol. The molecule has 0 fully saturated rings. The van der Waals surface area contributed by atoms with Crippen molar-refractivity contribution in [2.45, 2.75) is 26.1 Å². The van der Waals surface area contributed by atoms with Crippen molar-refractivity contribution in [3.8, 4) is 0 Å². The van der Waals surface area contributed by atoms with Gasteiger partial charge in [0.2, 0.25) is 0 Å². The van der Waals surface area contributed by atoms with Gasteiger partial charge in [0.1, 0.15) is 5.82 Å². The minimum absolute atomic E-state index is 0.0149. The van der Waals surface area contributed by atoms with Crippen molar-refractivity contribution in [2.24, 2.45) is 5.73 Å². The topological polar surface area (TPSA) is 26.0 Å². The van der Waals surface area contributed by atoms with Gasteiger partial charge in [0.05, 0.1) is 5.56 Å². The van der Waals surface area contributed by atoms with Crippen molar-refractivity contribution in [3.63, 3.8) is 0 Å². The molecule has 2 N–H and O–H groups in total. The van der Waals surface area contributed by atoms with Gasteiger partial charge in [0, 0.05) is 6.04 Å². The molecule has 0 aliphatic heterocycles. The zero-order valence-corrected chi connectivity index (χ0v) is 8.32. The Balaban J connectivity index is 3.42. The van der Waals surface area contributed by atoms with Crippen LogP contribution < -0.4 is 5.73 Å². The van der Waals surface area contributed by atoms with Crippen LogP contribution in [0, 0.1) is 12.7 Å². The SMILES string of the molecule is Cc1c(C(C)N)cc(F)cc1C(F)(F)F. The molecule has 0 heterocycles. The number of alkyl halides is 3. The van der Waals surface area contributed by atoms with Gasteiger partial charge in [-0.1, -0.05) is 0 Å². The summed E-state index contributed by atoms with van der Waals surface area (Å²) in [5.74, 6) is -0.916. The first-order valence-electron chi connectivity index (χ1n) is 4.36. The zero-order valence-electron chi connectivity index (χ0n) is 8.32. The van der Waals surface area contributed by atoms with E-state index in [1.54, 1.807) is 0 Å². The van der Waals surface area contributed by atoms with E-state index in [1.165, 1.54) is 13.8 Å². The Labute approximate surface area is 84.9 Å². The molecule has 0 aliphatic rings. The molecule has 1 nitrogen and oxygen atoms in total. The van der Waals surface area contributed by atoms with Crippen LogP contribution in [0.25, 0.3) is 0 Å². The lowest BCUT2D eigenvalue weighted by molar-refractivity contribution is -0.138. The Morgan fingerprint density at radius 3 is 2.20 bits per heavy atom. The normalized spacial score (nSPS) is 14.1. The van der Waals surface area contributed by atoms with Gasteiger partial charge in [-0.05, 0) is 37.1 Å². The standard InChI is InChI=1S/C10H11F4N/c1-5-8(6(2)15)3-7(11)4-9(5)10(12,13)14/h3-4,6H,15H2,1-2H3. The van der Waals surface area contributed by atoms with Gasteiger partial charge in [-0.3, -0.25) is 0 Å². The lowest BCUT2D eigenvalue weighted by Crippen LogP contribution is -2.14. The lowest BCUT2D eigenvalue weighted by Gasteiger charge is -2.16. The van der Waals surface area contributed by atoms with E-state index in [0.29, 0.717) is 6.07 Å². The van der Waals surface area contributed by atoms with Crippen molar-refractivity contribution in [1.82, 2.24) is 0 Å². The Morgan fingerprint density at radius 1 is 1.27 bits per heavy atom. The number of rotatable bonds is 1. The number of benzene rings is 1. The molecule has 1 rings (SSSR count). The molecule has 0 aromatic heterocycles. The molecule has 1 atom stereocenters. The summed E-state index contributed by atoms with van der Waals surface area (Å²) in [6.45, 7) is 2.81. The van der Waals surface area contributed by atoms with Crippen LogP contribution in [0.5, 0.6) is 0 Å². The van der Waals surface area contributed by atoms with Crippen molar-refractivity contribution >= 4 is 0 Å². The number of hydrogen-bond acceptors (Lipinski definition) is 1. The minimum atomic E-state index is -4.55. The lowest BCUT2D eigenvalue weighted by atomic mass is 9.97. The van der Waals surface area contributed by atoms with Crippen LogP contribution in [0.1, 0.15) is 29.7 Å². The highest BCUT2D eigenvalue weighted by molar-refractivity contribution is 5.38. The average Bonchev–Trinajstić information content (AvgIpc) is 2.06. The average molecular weight is 221 g/mol. The first kappa shape index (κ1) is 12.0. The van der Waals surface area contributed by atoms with Gasteiger partial charge in [0.15, 0.2) is 0 Å². The predicted octanol–water partition coefficient (Wildman–Crippen LogP) is 3.17. The fraction of sp³-hybridized carbons (Fsp3) is 0.400. The quantitative estimate of drug-likeness (QED) is 0.724. The van der Waals surface area contributed by atoms with Crippen molar-refractivity contribution in [2.75, 3.05) is 0 Å². The van der Waals surface area contributed by atoms with Gasteiger partial charge < -0.3 is 5.73 Å². The molecule has 0 aliphatic carbocycles. The van der Waals surface area contributed by atoms with E-state index >= 15 is 0 Å². The number of halogens is 4. The Bertz CT molecular complexity index is 368. The third kappa shape index (κ3) is 2.47. The van der Waals surface area contributed by atoms with Crippen LogP contribution in [0.15, 0.2) is 12.1 Å². The summed E-state index contributed by atoms with van der Waals surface area (Å²) in [6.07, 6.45) is -4.55. The number of hydrogen-bond donors (Lipinski definition) is 1. The first-order chi connectivity index (χ1) is 6.73. The minimum Gasteiger partial charge on any atom is -0.324 e. The van der Waals surface area contributed by atoms with Crippen molar-refractivity contribution in [3.05, 3.63) is 34.6 Å². The summed E-state index contributed by atoms with van der Waals surface area (Å²) < 4.78 is 50.3. The van der Waals surface area contributed by atoms with Crippen LogP contribution in [0.4, 0.5) is 17.6 Å². The smallest absolute Gasteiger partial charge is 0.324 e. The predicted molar refractivity (Wildman–Crippen MR) is 48.7 cm³/mol. The molecule has 0 amide bonds. The van der Waals surface area contributed by atoms with E-state index < -0.39 is 23.6 Å². The van der Waals surface area contributed by atoms with Crippen LogP contribution in [-0.4, -0.2) is 0 Å². The van der Waals surface area contributed by atoms with Gasteiger partial charge >= 0.3 is 6.18 Å². The van der Waals surface area contributed by atoms with E-state index in [-0.39, 0.29) is 11.1 Å². The molecule has 15 heavy (non-hydrogen) atoms. The Morgan fingerprint density at radius 2 is 1.80 bits per heavy atom. The van der Waals surface area contributed by atoms with E-state index in [0.717, 1.165) is 6.07 Å². The molecule has 1 aromatic rings. The Kier molecular flexibility index (Phi) is 3.04. The molecule has 0 saturated heterocycles. The molecule has 0 saturated carbocycles. The largest absolute Gasteiger partial charge is 0.416 e. The monoisotopic (exact) mass is 221 g/mol. The van der Waals surface area contributed by atoms with Gasteiger partial charge in [-0.2, -0.15) is 13.2 Å². The highest BCUT2D eigenvalue weighted by atomic mass is 19.4. The van der Waals surface area contributed by atoms with Gasteiger partial charge in [0.25, 0.3) is 0 Å². The fourth-order valence-corrected chi connectivity index (χ4v) is 1.47. The fourth-order valence-electron chi connectivity index (χ4n) is 1.47. The molecule has 84 valence electrons. The maximum atomic E-state index is 12.9. The van der Waals surface area contributed by atoms with E-state index in [9.17, 15) is 17.6 Å². The second-order valence-corrected chi connectivity index (χ2v) is 3.45. The van der Waals surface area contributed by atoms with Crippen LogP contribution in [0.3, 0.4) is 0 Å². The van der Waals surface area contributed by atoms with Crippen LogP contribution in [-0.2, 0) is 6.18 Å². The van der Waals surface area contributed by atoms with Gasteiger partial charge in [-0.25, -0.2) is 4.39 Å². The zero-order chi connectivity index (χ0) is 11.8. The van der Waals surface area contributed by atoms with Crippen molar-refractivity contribution in [1.29, 1.82) is 0 Å². The van der Waals surface area contributed by atoms with Crippen LogP contribution >= 0.6 is 0 Å². The second-order valence-electron chi connectivity index (χ2n) is 3.45. The molecular formula is C10H11F4N. The van der Waals surface area contributed by atoms with Gasteiger partial charge in [-0.15, -0.1) is 0 Å². The molecule has 0 radical (unpaired) electrons. The summed E-state index contributed by atoms with van der Waals surface area (Å²) in [7, 11) is 0. The summed E-state index contributed by atoms with van der Waals surface area (Å²) in [6, 6.07) is 0.901. The Hall–Kier alpha value is -1.10. The molecule has 0 bridgehead atoms. The summed E-state index contributed by atoms with van der Waals surface area (Å²) in [5, 5.41) is 0. The molecule has 1 aromatic carbocycles. The van der Waals surface area contributed by atoms with E-state index in [2.05, 4.69) is 0 Å². The maximum Gasteiger partial charge on any atom is 0.416 e. The summed E-state index contributed by atoms with van der Waals surface area (Å²) >= 11 is 0. The van der Waals surface area contributed by atoms with E-state index in [1.807, 2.05) is 0 Å². The summed E-state index contributed by atoms with van der Waals surface area (Å²) in [4.78, 5) is 0. The molecule has 5 heteroatoms.